The summed E-state index contributed by atoms with van der Waals surface area (Å²) in [4.78, 5) is 12.7. The molecule has 1 aliphatic rings. The molecule has 2 aromatic carbocycles. The van der Waals surface area contributed by atoms with E-state index in [1.807, 2.05) is 0 Å². The maximum absolute atomic E-state index is 12.7. The summed E-state index contributed by atoms with van der Waals surface area (Å²) in [5.74, 6) is -0.990. The summed E-state index contributed by atoms with van der Waals surface area (Å²) < 4.78 is 21.6. The van der Waals surface area contributed by atoms with Gasteiger partial charge in [-0.05, 0) is 24.3 Å². The minimum Gasteiger partial charge on any atom is -0.507 e. The van der Waals surface area contributed by atoms with Crippen molar-refractivity contribution in [3.8, 4) is 34.3 Å². The maximum Gasteiger partial charge on any atom is 0.238 e. The second-order valence-corrected chi connectivity index (χ2v) is 7.47. The first-order valence-corrected chi connectivity index (χ1v) is 9.89. The Bertz CT molecular complexity index is 1200. The van der Waals surface area contributed by atoms with E-state index in [0.717, 1.165) is 6.07 Å². The van der Waals surface area contributed by atoms with Gasteiger partial charge in [-0.3, -0.25) is 4.79 Å². The molecule has 6 N–H and O–H groups in total. The summed E-state index contributed by atoms with van der Waals surface area (Å²) in [6, 6.07) is 8.61. The van der Waals surface area contributed by atoms with Crippen LogP contribution >= 0.6 is 0 Å². The molecule has 4 rings (SSSR count). The van der Waals surface area contributed by atoms with E-state index in [-0.39, 0.29) is 22.5 Å². The SMILES string of the molecule is COc1ccc(-c2oc3cc(O[C@H]4O[C@@H](CO)[C@H](O)[C@@H](O)[C@@H]4O)cc(O)c3c(=O)c2O)cc1. The number of methoxy groups -OCH3 is 1. The topological polar surface area (TPSA) is 179 Å². The number of ether oxygens (including phenoxy) is 3. The zero-order chi connectivity index (χ0) is 23.9. The molecule has 1 fully saturated rings. The standard InChI is InChI=1S/C22H22O11/c1-30-10-4-2-9(3-5-10)21-19(28)17(26)15-12(24)6-11(7-13(15)32-21)31-22-20(29)18(27)16(25)14(8-23)33-22/h2-7,14,16,18,20,22-25,27-29H,8H2,1H3/t14-,16-,18+,20-,22-/m0/s1. The molecule has 0 unspecified atom stereocenters. The molecule has 0 amide bonds. The molecule has 11 heteroatoms. The number of aliphatic hydroxyl groups is 4. The number of aliphatic hydroxyl groups excluding tert-OH is 4. The number of benzene rings is 2. The third-order valence-electron chi connectivity index (χ3n) is 5.38. The van der Waals surface area contributed by atoms with Gasteiger partial charge in [0.2, 0.25) is 17.5 Å². The third kappa shape index (κ3) is 4.08. The molecule has 11 nitrogen and oxygen atoms in total. The van der Waals surface area contributed by atoms with E-state index in [0.29, 0.717) is 11.3 Å². The van der Waals surface area contributed by atoms with Crippen LogP contribution < -0.4 is 14.9 Å². The lowest BCUT2D eigenvalue weighted by atomic mass is 9.99. The quantitative estimate of drug-likeness (QED) is 0.302. The molecule has 1 aliphatic heterocycles. The lowest BCUT2D eigenvalue weighted by molar-refractivity contribution is -0.277. The average molecular weight is 462 g/mol. The number of fused-ring (bicyclic) bond motifs is 1. The molecule has 33 heavy (non-hydrogen) atoms. The summed E-state index contributed by atoms with van der Waals surface area (Å²) in [5.41, 5.74) is -0.644. The van der Waals surface area contributed by atoms with Gasteiger partial charge in [0.15, 0.2) is 5.76 Å². The van der Waals surface area contributed by atoms with Crippen LogP contribution in [-0.4, -0.2) is 75.1 Å². The molecule has 5 atom stereocenters. The highest BCUT2D eigenvalue weighted by Gasteiger charge is 2.44. The van der Waals surface area contributed by atoms with Crippen LogP contribution in [0.2, 0.25) is 0 Å². The highest BCUT2D eigenvalue weighted by atomic mass is 16.7. The van der Waals surface area contributed by atoms with Gasteiger partial charge in [-0.25, -0.2) is 0 Å². The molecular formula is C22H22O11. The van der Waals surface area contributed by atoms with E-state index < -0.39 is 54.2 Å². The smallest absolute Gasteiger partial charge is 0.238 e. The van der Waals surface area contributed by atoms with E-state index in [1.54, 1.807) is 24.3 Å². The summed E-state index contributed by atoms with van der Waals surface area (Å²) in [7, 11) is 1.49. The van der Waals surface area contributed by atoms with E-state index in [2.05, 4.69) is 0 Å². The van der Waals surface area contributed by atoms with Crippen LogP contribution in [0.4, 0.5) is 0 Å². The van der Waals surface area contributed by atoms with Gasteiger partial charge in [-0.15, -0.1) is 0 Å². The van der Waals surface area contributed by atoms with Crippen molar-refractivity contribution in [2.24, 2.45) is 0 Å². The maximum atomic E-state index is 12.7. The summed E-state index contributed by atoms with van der Waals surface area (Å²) in [6.07, 6.45) is -7.61. The van der Waals surface area contributed by atoms with E-state index in [4.69, 9.17) is 18.6 Å². The summed E-state index contributed by atoms with van der Waals surface area (Å²) in [5, 5.41) is 59.7. The number of phenolic OH excluding ortho intramolecular Hbond substituents is 1. The number of phenols is 1. The van der Waals surface area contributed by atoms with Crippen molar-refractivity contribution in [1.82, 2.24) is 0 Å². The van der Waals surface area contributed by atoms with E-state index >= 15 is 0 Å². The van der Waals surface area contributed by atoms with Crippen molar-refractivity contribution in [1.29, 1.82) is 0 Å². The Labute approximate surface area is 186 Å². The Morgan fingerprint density at radius 1 is 0.970 bits per heavy atom. The first-order chi connectivity index (χ1) is 15.7. The second-order valence-electron chi connectivity index (χ2n) is 7.47. The first kappa shape index (κ1) is 22.8. The highest BCUT2D eigenvalue weighted by molar-refractivity contribution is 5.88. The molecule has 0 spiro atoms. The lowest BCUT2D eigenvalue weighted by Crippen LogP contribution is -2.60. The average Bonchev–Trinajstić information content (AvgIpc) is 2.81. The number of aromatic hydroxyl groups is 2. The lowest BCUT2D eigenvalue weighted by Gasteiger charge is -2.39. The van der Waals surface area contributed by atoms with E-state index in [1.165, 1.54) is 13.2 Å². The minimum atomic E-state index is -1.68. The monoisotopic (exact) mass is 462 g/mol. The van der Waals surface area contributed by atoms with Crippen molar-refractivity contribution in [2.45, 2.75) is 30.7 Å². The molecule has 0 aliphatic carbocycles. The van der Waals surface area contributed by atoms with Crippen molar-refractivity contribution in [3.05, 3.63) is 46.6 Å². The largest absolute Gasteiger partial charge is 0.507 e. The fourth-order valence-electron chi connectivity index (χ4n) is 3.57. The summed E-state index contributed by atoms with van der Waals surface area (Å²) >= 11 is 0. The molecule has 176 valence electrons. The fourth-order valence-corrected chi connectivity index (χ4v) is 3.57. The van der Waals surface area contributed by atoms with Crippen molar-refractivity contribution >= 4 is 11.0 Å². The molecule has 0 radical (unpaired) electrons. The predicted molar refractivity (Wildman–Crippen MR) is 112 cm³/mol. The van der Waals surface area contributed by atoms with Gasteiger partial charge >= 0.3 is 0 Å². The van der Waals surface area contributed by atoms with Crippen molar-refractivity contribution in [3.63, 3.8) is 0 Å². The van der Waals surface area contributed by atoms with Gasteiger partial charge < -0.3 is 49.3 Å². The van der Waals surface area contributed by atoms with Gasteiger partial charge in [0.05, 0.1) is 13.7 Å². The molecule has 1 saturated heterocycles. The highest BCUT2D eigenvalue weighted by Crippen LogP contribution is 2.36. The van der Waals surface area contributed by atoms with Crippen LogP contribution in [0.25, 0.3) is 22.3 Å². The Morgan fingerprint density at radius 2 is 1.67 bits per heavy atom. The van der Waals surface area contributed by atoms with Crippen LogP contribution in [-0.2, 0) is 4.74 Å². The fraction of sp³-hybridized carbons (Fsp3) is 0.318. The van der Waals surface area contributed by atoms with Crippen LogP contribution in [0.5, 0.6) is 23.0 Å². The van der Waals surface area contributed by atoms with E-state index in [9.17, 15) is 35.4 Å². The molecule has 1 aromatic heterocycles. The molecular weight excluding hydrogens is 440 g/mol. The van der Waals surface area contributed by atoms with Gasteiger partial charge in [0.25, 0.3) is 0 Å². The van der Waals surface area contributed by atoms with Crippen LogP contribution in [0.3, 0.4) is 0 Å². The predicted octanol–water partition coefficient (Wildman–Crippen LogP) is 0.0585. The van der Waals surface area contributed by atoms with Gasteiger partial charge in [-0.1, -0.05) is 0 Å². The van der Waals surface area contributed by atoms with Crippen LogP contribution in [0, 0.1) is 0 Å². The number of hydrogen-bond donors (Lipinski definition) is 6. The zero-order valence-electron chi connectivity index (χ0n) is 17.3. The summed E-state index contributed by atoms with van der Waals surface area (Å²) in [6.45, 7) is -0.646. The van der Waals surface area contributed by atoms with Gasteiger partial charge in [0, 0.05) is 17.7 Å². The van der Waals surface area contributed by atoms with Gasteiger partial charge in [0.1, 0.15) is 52.6 Å². The number of hydrogen-bond acceptors (Lipinski definition) is 11. The van der Waals surface area contributed by atoms with Crippen molar-refractivity contribution < 1.29 is 49.3 Å². The Kier molecular flexibility index (Phi) is 6.15. The molecule has 0 bridgehead atoms. The first-order valence-electron chi connectivity index (χ1n) is 9.89. The van der Waals surface area contributed by atoms with Crippen LogP contribution in [0.1, 0.15) is 0 Å². The molecule has 3 aromatic rings. The van der Waals surface area contributed by atoms with Crippen LogP contribution in [0.15, 0.2) is 45.6 Å². The molecule has 0 saturated carbocycles. The Morgan fingerprint density at radius 3 is 2.30 bits per heavy atom. The third-order valence-corrected chi connectivity index (χ3v) is 5.38. The normalized spacial score (nSPS) is 25.2. The Hall–Kier alpha value is -3.35. The van der Waals surface area contributed by atoms with Gasteiger partial charge in [-0.2, -0.15) is 0 Å². The van der Waals surface area contributed by atoms with Crippen molar-refractivity contribution in [2.75, 3.05) is 13.7 Å². The Balaban J connectivity index is 1.74. The minimum absolute atomic E-state index is 0.112. The second kappa shape index (κ2) is 8.89. The molecule has 2 heterocycles. The number of rotatable bonds is 5. The zero-order valence-corrected chi connectivity index (χ0v) is 17.3.